The maximum Gasteiger partial charge on any atom is 0.262 e. The van der Waals surface area contributed by atoms with Crippen LogP contribution in [0.2, 0.25) is 0 Å². The number of halogens is 1. The molecule has 0 aromatic carbocycles. The third kappa shape index (κ3) is 3.70. The molecule has 1 heterocycles. The largest absolute Gasteiger partial charge is 0.334 e. The summed E-state index contributed by atoms with van der Waals surface area (Å²) in [4.78, 5) is 4.18. The van der Waals surface area contributed by atoms with Crippen molar-refractivity contribution in [1.29, 1.82) is 0 Å². The predicted octanol–water partition coefficient (Wildman–Crippen LogP) is 2.24. The number of imidazole rings is 1. The van der Waals surface area contributed by atoms with E-state index >= 15 is 0 Å². The first-order valence-electron chi connectivity index (χ1n) is 6.46. The smallest absolute Gasteiger partial charge is 0.262 e. The molecule has 1 aromatic heterocycles. The summed E-state index contributed by atoms with van der Waals surface area (Å²) in [7, 11) is -3.57. The van der Waals surface area contributed by atoms with Gasteiger partial charge in [-0.25, -0.2) is 13.4 Å². The Labute approximate surface area is 120 Å². The quantitative estimate of drug-likeness (QED) is 0.726. The lowest BCUT2D eigenvalue weighted by molar-refractivity contribution is 0.369. The summed E-state index contributed by atoms with van der Waals surface area (Å²) >= 11 is 5.69. The van der Waals surface area contributed by atoms with Gasteiger partial charge in [-0.3, -0.25) is 0 Å². The molecule has 0 radical (unpaired) electrons. The van der Waals surface area contributed by atoms with Gasteiger partial charge in [0.1, 0.15) is 5.82 Å². The highest BCUT2D eigenvalue weighted by Gasteiger charge is 2.29. The predicted molar refractivity (Wildman–Crippen MR) is 77.0 cm³/mol. The number of aryl methyl sites for hydroxylation is 2. The van der Waals surface area contributed by atoms with Crippen LogP contribution in [0.25, 0.3) is 0 Å². The van der Waals surface area contributed by atoms with Crippen molar-refractivity contribution in [1.82, 2.24) is 13.9 Å². The van der Waals surface area contributed by atoms with Gasteiger partial charge in [0.2, 0.25) is 0 Å². The first-order valence-corrected chi connectivity index (χ1v) is 8.43. The van der Waals surface area contributed by atoms with E-state index in [1.165, 1.54) is 4.31 Å². The van der Waals surface area contributed by atoms with Gasteiger partial charge in [0.15, 0.2) is 5.03 Å². The van der Waals surface area contributed by atoms with E-state index in [4.69, 9.17) is 11.6 Å². The summed E-state index contributed by atoms with van der Waals surface area (Å²) in [5.74, 6) is 0.987. The summed E-state index contributed by atoms with van der Waals surface area (Å²) in [5, 5.41) is 0.109. The first kappa shape index (κ1) is 16.5. The van der Waals surface area contributed by atoms with Crippen molar-refractivity contribution < 1.29 is 8.42 Å². The normalized spacial score (nSPS) is 12.6. The van der Waals surface area contributed by atoms with Crippen LogP contribution in [0.5, 0.6) is 0 Å². The third-order valence-electron chi connectivity index (χ3n) is 2.87. The maximum absolute atomic E-state index is 12.5. The Balaban J connectivity index is 3.14. The van der Waals surface area contributed by atoms with Gasteiger partial charge in [-0.1, -0.05) is 6.92 Å². The lowest BCUT2D eigenvalue weighted by Crippen LogP contribution is -2.38. The van der Waals surface area contributed by atoms with E-state index in [2.05, 4.69) is 4.98 Å². The van der Waals surface area contributed by atoms with E-state index in [0.29, 0.717) is 6.54 Å². The molecule has 0 saturated heterocycles. The fraction of sp³-hybridized carbons (Fsp3) is 0.750. The molecule has 1 aromatic rings. The third-order valence-corrected chi connectivity index (χ3v) is 4.99. The molecular formula is C12H22ClN3O2S. The van der Waals surface area contributed by atoms with E-state index < -0.39 is 10.0 Å². The zero-order valence-corrected chi connectivity index (χ0v) is 13.5. The Morgan fingerprint density at radius 3 is 2.58 bits per heavy atom. The number of aromatic nitrogens is 2. The average molecular weight is 308 g/mol. The minimum Gasteiger partial charge on any atom is -0.334 e. The molecule has 0 unspecified atom stereocenters. The molecule has 0 spiro atoms. The maximum atomic E-state index is 12.5. The second-order valence-electron chi connectivity index (χ2n) is 4.72. The standard InChI is InChI=1S/C12H22ClN3O2S/c1-5-7-15-9-12(14-11(15)4)19(17,18)16(8-6-13)10(2)3/h9-10H,5-8H2,1-4H3. The Morgan fingerprint density at radius 2 is 2.11 bits per heavy atom. The van der Waals surface area contributed by atoms with Crippen LogP contribution in [-0.2, 0) is 16.6 Å². The molecule has 19 heavy (non-hydrogen) atoms. The van der Waals surface area contributed by atoms with E-state index in [0.717, 1.165) is 18.8 Å². The van der Waals surface area contributed by atoms with Crippen LogP contribution in [0, 0.1) is 6.92 Å². The molecule has 0 atom stereocenters. The Bertz CT molecular complexity index is 511. The van der Waals surface area contributed by atoms with Crippen LogP contribution in [0.15, 0.2) is 11.2 Å². The fourth-order valence-electron chi connectivity index (χ4n) is 1.93. The van der Waals surface area contributed by atoms with Crippen LogP contribution < -0.4 is 0 Å². The molecule has 0 saturated carbocycles. The van der Waals surface area contributed by atoms with Gasteiger partial charge < -0.3 is 4.57 Å². The average Bonchev–Trinajstić information content (AvgIpc) is 2.68. The first-order chi connectivity index (χ1) is 8.84. The highest BCUT2D eigenvalue weighted by atomic mass is 35.5. The summed E-state index contributed by atoms with van der Waals surface area (Å²) in [6, 6.07) is -0.139. The Morgan fingerprint density at radius 1 is 1.47 bits per heavy atom. The fourth-order valence-corrected chi connectivity index (χ4v) is 3.85. The molecule has 0 bridgehead atoms. The Hall–Kier alpha value is -0.590. The van der Waals surface area contributed by atoms with Crippen LogP contribution in [0.4, 0.5) is 0 Å². The molecule has 1 rings (SSSR count). The highest BCUT2D eigenvalue weighted by Crippen LogP contribution is 2.18. The Kier molecular flexibility index (Phi) is 5.82. The molecule has 0 aliphatic heterocycles. The molecule has 0 aliphatic carbocycles. The topological polar surface area (TPSA) is 55.2 Å². The van der Waals surface area contributed by atoms with Crippen LogP contribution in [-0.4, -0.2) is 40.7 Å². The molecule has 0 fully saturated rings. The van der Waals surface area contributed by atoms with Gasteiger partial charge in [0.05, 0.1) is 0 Å². The van der Waals surface area contributed by atoms with Crippen LogP contribution in [0.3, 0.4) is 0 Å². The molecule has 0 amide bonds. The minimum absolute atomic E-state index is 0.109. The van der Waals surface area contributed by atoms with Crippen molar-refractivity contribution in [3.8, 4) is 0 Å². The van der Waals surface area contributed by atoms with Gasteiger partial charge in [-0.2, -0.15) is 4.31 Å². The van der Waals surface area contributed by atoms with Gasteiger partial charge in [0, 0.05) is 31.2 Å². The minimum atomic E-state index is -3.57. The lowest BCUT2D eigenvalue weighted by Gasteiger charge is -2.23. The number of sulfonamides is 1. The van der Waals surface area contributed by atoms with Crippen molar-refractivity contribution in [2.45, 2.75) is 51.7 Å². The van der Waals surface area contributed by atoms with Gasteiger partial charge in [-0.15, -0.1) is 11.6 Å². The van der Waals surface area contributed by atoms with E-state index in [9.17, 15) is 8.42 Å². The van der Waals surface area contributed by atoms with Gasteiger partial charge >= 0.3 is 0 Å². The van der Waals surface area contributed by atoms with Crippen molar-refractivity contribution >= 4 is 21.6 Å². The van der Waals surface area contributed by atoms with Crippen LogP contribution in [0.1, 0.15) is 33.0 Å². The monoisotopic (exact) mass is 307 g/mol. The molecule has 0 N–H and O–H groups in total. The summed E-state index contributed by atoms with van der Waals surface area (Å²) in [5.41, 5.74) is 0. The van der Waals surface area contributed by atoms with Crippen molar-refractivity contribution in [2.24, 2.45) is 0 Å². The molecular weight excluding hydrogens is 286 g/mol. The summed E-state index contributed by atoms with van der Waals surface area (Å²) < 4.78 is 28.3. The molecule has 7 heteroatoms. The van der Waals surface area contributed by atoms with E-state index in [1.54, 1.807) is 6.20 Å². The zero-order valence-electron chi connectivity index (χ0n) is 11.9. The molecule has 0 aliphatic rings. The molecule has 110 valence electrons. The summed E-state index contributed by atoms with van der Waals surface area (Å²) in [6.07, 6.45) is 2.55. The van der Waals surface area contributed by atoms with Crippen molar-refractivity contribution in [3.05, 3.63) is 12.0 Å². The van der Waals surface area contributed by atoms with Crippen LogP contribution >= 0.6 is 11.6 Å². The number of alkyl halides is 1. The van der Waals surface area contributed by atoms with Crippen molar-refractivity contribution in [2.75, 3.05) is 12.4 Å². The van der Waals surface area contributed by atoms with E-state index in [-0.39, 0.29) is 16.9 Å². The van der Waals surface area contributed by atoms with E-state index in [1.807, 2.05) is 32.3 Å². The van der Waals surface area contributed by atoms with Gasteiger partial charge in [0.25, 0.3) is 10.0 Å². The zero-order chi connectivity index (χ0) is 14.6. The van der Waals surface area contributed by atoms with Gasteiger partial charge in [-0.05, 0) is 27.2 Å². The lowest BCUT2D eigenvalue weighted by atomic mass is 10.4. The second-order valence-corrected chi connectivity index (χ2v) is 6.93. The van der Waals surface area contributed by atoms with Crippen molar-refractivity contribution in [3.63, 3.8) is 0 Å². The number of nitrogens with zero attached hydrogens (tertiary/aromatic N) is 3. The summed E-state index contributed by atoms with van der Waals surface area (Å²) in [6.45, 7) is 8.59. The SMILES string of the molecule is CCCn1cc(S(=O)(=O)N(CCCl)C(C)C)nc1C. The number of hydrogen-bond donors (Lipinski definition) is 0. The number of rotatable bonds is 7. The molecule has 5 nitrogen and oxygen atoms in total. The number of hydrogen-bond acceptors (Lipinski definition) is 3. The highest BCUT2D eigenvalue weighted by molar-refractivity contribution is 7.89. The second kappa shape index (κ2) is 6.72.